The number of aromatic nitrogens is 1. The fourth-order valence-electron chi connectivity index (χ4n) is 4.45. The quantitative estimate of drug-likeness (QED) is 0.193. The van der Waals surface area contributed by atoms with E-state index in [-0.39, 0.29) is 5.41 Å². The molecule has 9 nitrogen and oxygen atoms in total. The predicted octanol–water partition coefficient (Wildman–Crippen LogP) is 5.48. The lowest BCUT2D eigenvalue weighted by Gasteiger charge is -2.23. The lowest BCUT2D eigenvalue weighted by Crippen LogP contribution is -2.36. The molecule has 1 saturated heterocycles. The number of benzene rings is 2. The molecular formula is C31H39IN4O5. The molecule has 1 fully saturated rings. The molecule has 1 aliphatic rings. The number of pyridine rings is 1. The van der Waals surface area contributed by atoms with Crippen molar-refractivity contribution in [3.63, 3.8) is 0 Å². The zero-order valence-corrected chi connectivity index (χ0v) is 26.3. The number of anilines is 1. The average molecular weight is 675 g/mol. The second-order valence-corrected chi connectivity index (χ2v) is 13.2. The lowest BCUT2D eigenvalue weighted by molar-refractivity contribution is -0.136. The van der Waals surface area contributed by atoms with Crippen LogP contribution in [-0.4, -0.2) is 54.7 Å². The molecule has 0 unspecified atom stereocenters. The first-order valence-electron chi connectivity index (χ1n) is 13.8. The van der Waals surface area contributed by atoms with Crippen molar-refractivity contribution in [2.45, 2.75) is 40.0 Å². The Morgan fingerprint density at radius 3 is 2.54 bits per heavy atom. The molecule has 10 heteroatoms. The van der Waals surface area contributed by atoms with Crippen LogP contribution in [0.4, 0.5) is 5.69 Å². The van der Waals surface area contributed by atoms with E-state index in [4.69, 9.17) is 14.2 Å². The lowest BCUT2D eigenvalue weighted by atomic mass is 9.92. The summed E-state index contributed by atoms with van der Waals surface area (Å²) in [6, 6.07) is 10.9. The number of hydrogen-bond acceptors (Lipinski definition) is 7. The van der Waals surface area contributed by atoms with Crippen molar-refractivity contribution in [1.29, 1.82) is 0 Å². The molecule has 0 spiro atoms. The second kappa shape index (κ2) is 14.1. The van der Waals surface area contributed by atoms with Gasteiger partial charge in [0.25, 0.3) is 0 Å². The molecule has 4 rings (SSSR count). The molecule has 2 amide bonds. The van der Waals surface area contributed by atoms with E-state index >= 15 is 0 Å². The summed E-state index contributed by atoms with van der Waals surface area (Å²) in [7, 11) is 1.62. The van der Waals surface area contributed by atoms with Crippen LogP contribution in [0.15, 0.2) is 42.6 Å². The normalized spacial score (nSPS) is 14.0. The summed E-state index contributed by atoms with van der Waals surface area (Å²) in [5.41, 5.74) is 1.32. The van der Waals surface area contributed by atoms with Crippen molar-refractivity contribution >= 4 is 53.7 Å². The minimum Gasteiger partial charge on any atom is -0.493 e. The first-order chi connectivity index (χ1) is 19.7. The van der Waals surface area contributed by atoms with Gasteiger partial charge < -0.3 is 30.2 Å². The topological polar surface area (TPSA) is 111 Å². The second-order valence-electron chi connectivity index (χ2n) is 11.2. The highest BCUT2D eigenvalue weighted by molar-refractivity contribution is 14.2. The van der Waals surface area contributed by atoms with Gasteiger partial charge in [0.05, 0.1) is 22.8 Å². The van der Waals surface area contributed by atoms with Crippen molar-refractivity contribution < 1.29 is 23.8 Å². The Hall–Kier alpha value is -3.25. The van der Waals surface area contributed by atoms with E-state index in [2.05, 4.69) is 46.2 Å². The molecule has 0 atom stereocenters. The third kappa shape index (κ3) is 8.62. The van der Waals surface area contributed by atoms with E-state index in [1.54, 1.807) is 31.5 Å². The van der Waals surface area contributed by atoms with Crippen LogP contribution in [0.1, 0.15) is 40.0 Å². The van der Waals surface area contributed by atoms with Crippen LogP contribution in [-0.2, 0) is 9.59 Å². The molecule has 41 heavy (non-hydrogen) atoms. The van der Waals surface area contributed by atoms with E-state index in [1.807, 2.05) is 18.2 Å². The summed E-state index contributed by atoms with van der Waals surface area (Å²) in [4.78, 5) is 29.2. The van der Waals surface area contributed by atoms with Gasteiger partial charge in [-0.3, -0.25) is 14.6 Å². The van der Waals surface area contributed by atoms with Crippen LogP contribution in [0.3, 0.4) is 0 Å². The van der Waals surface area contributed by atoms with Crippen molar-refractivity contribution in [2.24, 2.45) is 11.3 Å². The minimum absolute atomic E-state index is 0.0697. The van der Waals surface area contributed by atoms with Crippen molar-refractivity contribution in [3.8, 4) is 23.0 Å². The van der Waals surface area contributed by atoms with Gasteiger partial charge in [0.1, 0.15) is 11.5 Å². The van der Waals surface area contributed by atoms with Crippen molar-refractivity contribution in [1.82, 2.24) is 15.6 Å². The number of hydrogen-bond donors (Lipinski definition) is 3. The number of amides is 2. The zero-order valence-electron chi connectivity index (χ0n) is 24.1. The number of nitrogens with zero attached hydrogens (tertiary/aromatic N) is 1. The minimum atomic E-state index is -0.703. The summed E-state index contributed by atoms with van der Waals surface area (Å²) >= 11 is -0.655. The largest absolute Gasteiger partial charge is 0.493 e. The maximum Gasteiger partial charge on any atom is 0.313 e. The van der Waals surface area contributed by atoms with E-state index in [1.165, 1.54) is 0 Å². The maximum atomic E-state index is 12.4. The molecule has 3 N–H and O–H groups in total. The third-order valence-electron chi connectivity index (χ3n) is 6.84. The van der Waals surface area contributed by atoms with Gasteiger partial charge in [-0.05, 0) is 74.0 Å². The summed E-state index contributed by atoms with van der Waals surface area (Å²) in [5, 5.41) is 9.53. The standard InChI is InChI=1S/C31H39IN4O5/c1-31(2,3)11-15-35-29(37)30(38)36-21-6-7-26(23(16-21)32-4)41-25-10-14-34-24-18-28(27(39-5)17-22(24)25)40-19-20-8-12-33-13-9-20/h6-7,10,14,16-18,20,33H,4,8-9,11-13,15,19H2,1-3,5H3,(H,35,37)(H,36,38). The van der Waals surface area contributed by atoms with Crippen LogP contribution in [0.25, 0.3) is 10.9 Å². The van der Waals surface area contributed by atoms with Crippen LogP contribution in [0.5, 0.6) is 23.0 Å². The number of rotatable bonds is 10. The maximum absolute atomic E-state index is 12.4. The van der Waals surface area contributed by atoms with Gasteiger partial charge in [0.15, 0.2) is 11.5 Å². The number of fused-ring (bicyclic) bond motifs is 1. The molecule has 220 valence electrons. The molecule has 3 aromatic rings. The Morgan fingerprint density at radius 1 is 1.05 bits per heavy atom. The molecule has 1 aromatic heterocycles. The first kappa shape index (κ1) is 30.7. The Bertz CT molecular complexity index is 1400. The van der Waals surface area contributed by atoms with Crippen molar-refractivity contribution in [3.05, 3.63) is 46.2 Å². The highest BCUT2D eigenvalue weighted by atomic mass is 127. The Kier molecular flexibility index (Phi) is 10.5. The summed E-state index contributed by atoms with van der Waals surface area (Å²) in [5.74, 6) is 1.69. The van der Waals surface area contributed by atoms with Gasteiger partial charge >= 0.3 is 11.8 Å². The van der Waals surface area contributed by atoms with E-state index in [0.717, 1.165) is 46.8 Å². The number of piperidine rings is 1. The van der Waals surface area contributed by atoms with Gasteiger partial charge in [0, 0.05) is 29.9 Å². The summed E-state index contributed by atoms with van der Waals surface area (Å²) in [6.07, 6.45) is 4.66. The van der Waals surface area contributed by atoms with E-state index in [0.29, 0.717) is 47.8 Å². The van der Waals surface area contributed by atoms with E-state index < -0.39 is 32.5 Å². The number of ether oxygens (including phenoxy) is 3. The molecule has 2 heterocycles. The monoisotopic (exact) mass is 674 g/mol. The Labute approximate surface area is 251 Å². The smallest absolute Gasteiger partial charge is 0.313 e. The third-order valence-corrected chi connectivity index (χ3v) is 8.51. The molecule has 0 radical (unpaired) electrons. The number of carbonyl (C=O) groups is 2. The summed E-state index contributed by atoms with van der Waals surface area (Å²) < 4.78 is 23.2. The number of halogens is 1. The van der Waals surface area contributed by atoms with Crippen LogP contribution >= 0.6 is 20.7 Å². The highest BCUT2D eigenvalue weighted by Crippen LogP contribution is 2.39. The fraction of sp³-hybridized carbons (Fsp3) is 0.419. The van der Waals surface area contributed by atoms with Crippen molar-refractivity contribution in [2.75, 3.05) is 38.7 Å². The molecular weight excluding hydrogens is 635 g/mol. The van der Waals surface area contributed by atoms with Gasteiger partial charge in [-0.15, -0.1) is 0 Å². The van der Waals surface area contributed by atoms with E-state index in [9.17, 15) is 9.59 Å². The fourth-order valence-corrected chi connectivity index (χ4v) is 5.67. The van der Waals surface area contributed by atoms with Gasteiger partial charge in [-0.1, -0.05) is 46.0 Å². The molecule has 0 saturated carbocycles. The summed E-state index contributed by atoms with van der Waals surface area (Å²) in [6.45, 7) is 9.36. The van der Waals surface area contributed by atoms with Gasteiger partial charge in [-0.2, -0.15) is 0 Å². The molecule has 0 aliphatic carbocycles. The number of methoxy groups -OCH3 is 1. The highest BCUT2D eigenvalue weighted by Gasteiger charge is 2.19. The van der Waals surface area contributed by atoms with Gasteiger partial charge in [0.2, 0.25) is 0 Å². The number of nitrogens with one attached hydrogen (secondary N) is 3. The molecule has 0 bridgehead atoms. The SMILES string of the molecule is C=Ic1cc(NC(=O)C(=O)NCCC(C)(C)C)ccc1Oc1ccnc2cc(OCC3CCNCC3)c(OC)cc12. The van der Waals surface area contributed by atoms with Crippen LogP contribution in [0, 0.1) is 14.9 Å². The Balaban J connectivity index is 1.47. The van der Waals surface area contributed by atoms with Crippen LogP contribution < -0.4 is 30.2 Å². The zero-order chi connectivity index (χ0) is 29.4. The average Bonchev–Trinajstić information content (AvgIpc) is 2.96. The molecule has 1 aliphatic heterocycles. The van der Waals surface area contributed by atoms with Gasteiger partial charge in [-0.25, -0.2) is 0 Å². The molecule has 2 aromatic carbocycles. The Morgan fingerprint density at radius 2 is 1.83 bits per heavy atom. The van der Waals surface area contributed by atoms with Crippen LogP contribution in [0.2, 0.25) is 0 Å². The number of carbonyl (C=O) groups excluding carboxylic acids is 2. The first-order valence-corrected chi connectivity index (χ1v) is 16.4. The predicted molar refractivity (Wildman–Crippen MR) is 171 cm³/mol.